The molecule has 0 spiro atoms. The third-order valence-electron chi connectivity index (χ3n) is 6.86. The molecule has 1 aromatic heterocycles. The molecular weight excluding hydrogens is 370 g/mol. The molecule has 1 saturated carbocycles. The second kappa shape index (κ2) is 7.35. The Morgan fingerprint density at radius 1 is 1.00 bits per heavy atom. The van der Waals surface area contributed by atoms with Crippen LogP contribution in [-0.2, 0) is 18.4 Å². The molecule has 4 nitrogen and oxygen atoms in total. The van der Waals surface area contributed by atoms with Crippen LogP contribution >= 0.6 is 0 Å². The van der Waals surface area contributed by atoms with E-state index >= 15 is 0 Å². The first kappa shape index (κ1) is 19.0. The average molecular weight is 398 g/mol. The van der Waals surface area contributed by atoms with Gasteiger partial charge in [0.05, 0.1) is 12.2 Å². The molecule has 2 aliphatic rings. The second-order valence-corrected chi connectivity index (χ2v) is 8.74. The smallest absolute Gasteiger partial charge is 0.196 e. The van der Waals surface area contributed by atoms with Crippen molar-refractivity contribution in [2.24, 2.45) is 0 Å². The lowest BCUT2D eigenvalue weighted by molar-refractivity contribution is 0.100. The number of aromatic nitrogens is 2. The van der Waals surface area contributed by atoms with Crippen LogP contribution in [0.5, 0.6) is 0 Å². The van der Waals surface area contributed by atoms with Gasteiger partial charge in [-0.25, -0.2) is 9.97 Å². The van der Waals surface area contributed by atoms with Crippen molar-refractivity contribution in [1.29, 1.82) is 0 Å². The number of nitrogens with zero attached hydrogens (tertiary/aromatic N) is 3. The first-order chi connectivity index (χ1) is 14.5. The molecule has 5 rings (SSSR count). The van der Waals surface area contributed by atoms with Crippen LogP contribution in [0, 0.1) is 6.92 Å². The van der Waals surface area contributed by atoms with Crippen LogP contribution in [0.3, 0.4) is 0 Å². The largest absolute Gasteiger partial charge is 0.365 e. The van der Waals surface area contributed by atoms with E-state index in [-0.39, 0.29) is 11.2 Å². The number of ketones is 1. The highest BCUT2D eigenvalue weighted by Crippen LogP contribution is 2.49. The van der Waals surface area contributed by atoms with Crippen molar-refractivity contribution in [2.75, 3.05) is 11.4 Å². The molecule has 0 bridgehead atoms. The molecule has 0 N–H and O–H groups in total. The van der Waals surface area contributed by atoms with Crippen LogP contribution in [0.1, 0.15) is 64.8 Å². The highest BCUT2D eigenvalue weighted by atomic mass is 16.1. The third-order valence-corrected chi connectivity index (χ3v) is 6.86. The van der Waals surface area contributed by atoms with E-state index in [1.165, 1.54) is 48.6 Å². The van der Waals surface area contributed by atoms with Crippen LogP contribution in [0.2, 0.25) is 0 Å². The van der Waals surface area contributed by atoms with Crippen LogP contribution in [-0.4, -0.2) is 22.3 Å². The first-order valence-electron chi connectivity index (χ1n) is 10.8. The summed E-state index contributed by atoms with van der Waals surface area (Å²) < 4.78 is 0. The van der Waals surface area contributed by atoms with Gasteiger partial charge in [0, 0.05) is 30.8 Å². The molecule has 1 fully saturated rings. The van der Waals surface area contributed by atoms with Crippen molar-refractivity contribution in [2.45, 2.75) is 51.5 Å². The zero-order chi connectivity index (χ0) is 20.7. The summed E-state index contributed by atoms with van der Waals surface area (Å²) in [5, 5.41) is 0. The number of anilines is 1. The van der Waals surface area contributed by atoms with Crippen LogP contribution in [0.15, 0.2) is 54.7 Å². The fourth-order valence-corrected chi connectivity index (χ4v) is 4.83. The number of rotatable bonds is 4. The van der Waals surface area contributed by atoms with E-state index in [2.05, 4.69) is 70.3 Å². The highest BCUT2D eigenvalue weighted by Gasteiger charge is 2.40. The minimum absolute atomic E-state index is 0.0822. The zero-order valence-corrected chi connectivity index (χ0v) is 17.7. The van der Waals surface area contributed by atoms with Gasteiger partial charge in [-0.05, 0) is 55.0 Å². The van der Waals surface area contributed by atoms with Crippen molar-refractivity contribution in [3.63, 3.8) is 0 Å². The number of carbonyl (C=O) groups is 1. The van der Waals surface area contributed by atoms with Crippen LogP contribution in [0.25, 0.3) is 0 Å². The Hall–Kier alpha value is -3.01. The van der Waals surface area contributed by atoms with E-state index in [1.807, 2.05) is 6.20 Å². The molecule has 152 valence electrons. The highest BCUT2D eigenvalue weighted by molar-refractivity contribution is 5.90. The first-order valence-corrected chi connectivity index (χ1v) is 10.8. The molecule has 4 heteroatoms. The number of fused-ring (bicyclic) bond motifs is 1. The quantitative estimate of drug-likeness (QED) is 0.580. The van der Waals surface area contributed by atoms with Crippen molar-refractivity contribution in [3.05, 3.63) is 88.5 Å². The maximum atomic E-state index is 11.6. The predicted octanol–water partition coefficient (Wildman–Crippen LogP) is 5.02. The van der Waals surface area contributed by atoms with Gasteiger partial charge in [-0.2, -0.15) is 0 Å². The molecule has 0 unspecified atom stereocenters. The number of hydrogen-bond acceptors (Lipinski definition) is 4. The Morgan fingerprint density at radius 3 is 2.27 bits per heavy atom. The van der Waals surface area contributed by atoms with Gasteiger partial charge in [0.2, 0.25) is 0 Å². The van der Waals surface area contributed by atoms with Gasteiger partial charge in [-0.15, -0.1) is 0 Å². The van der Waals surface area contributed by atoms with Gasteiger partial charge in [0.15, 0.2) is 11.6 Å². The van der Waals surface area contributed by atoms with Gasteiger partial charge >= 0.3 is 0 Å². The third kappa shape index (κ3) is 3.20. The number of hydrogen-bond donors (Lipinski definition) is 0. The Balaban J connectivity index is 1.40. The number of Topliss-reactive ketones (excluding diaryl/α,β-unsaturated/α-hetero) is 1. The summed E-state index contributed by atoms with van der Waals surface area (Å²) >= 11 is 0. The summed E-state index contributed by atoms with van der Waals surface area (Å²) in [4.78, 5) is 22.7. The normalized spacial score (nSPS) is 17.2. The van der Waals surface area contributed by atoms with Crippen LogP contribution < -0.4 is 4.90 Å². The maximum Gasteiger partial charge on any atom is 0.196 e. The Morgan fingerprint density at radius 2 is 1.67 bits per heavy atom. The van der Waals surface area contributed by atoms with E-state index in [1.54, 1.807) is 0 Å². The molecule has 3 aromatic rings. The topological polar surface area (TPSA) is 46.1 Å². The molecule has 1 aliphatic heterocycles. The van der Waals surface area contributed by atoms with Crippen LogP contribution in [0.4, 0.5) is 5.69 Å². The fraction of sp³-hybridized carbons (Fsp3) is 0.346. The lowest BCUT2D eigenvalue weighted by Crippen LogP contribution is -2.35. The van der Waals surface area contributed by atoms with Gasteiger partial charge in [0.1, 0.15) is 0 Å². The predicted molar refractivity (Wildman–Crippen MR) is 119 cm³/mol. The molecule has 0 amide bonds. The zero-order valence-electron chi connectivity index (χ0n) is 17.7. The number of carbonyl (C=O) groups excluding carboxylic acids is 1. The van der Waals surface area contributed by atoms with E-state index in [9.17, 15) is 4.79 Å². The summed E-state index contributed by atoms with van der Waals surface area (Å²) in [5.74, 6) is 0.233. The molecule has 0 atom stereocenters. The summed E-state index contributed by atoms with van der Waals surface area (Å²) in [6, 6.07) is 18.2. The van der Waals surface area contributed by atoms with Crippen molar-refractivity contribution >= 4 is 11.5 Å². The Bertz CT molecular complexity index is 1080. The van der Waals surface area contributed by atoms with E-state index in [4.69, 9.17) is 0 Å². The van der Waals surface area contributed by atoms with Crippen molar-refractivity contribution in [1.82, 2.24) is 9.97 Å². The van der Waals surface area contributed by atoms with Gasteiger partial charge in [0.25, 0.3) is 0 Å². The molecule has 1 aliphatic carbocycles. The molecule has 0 radical (unpaired) electrons. The Labute approximate surface area is 178 Å². The van der Waals surface area contributed by atoms with Gasteiger partial charge in [-0.3, -0.25) is 4.79 Å². The van der Waals surface area contributed by atoms with E-state index in [0.29, 0.717) is 5.82 Å². The summed E-state index contributed by atoms with van der Waals surface area (Å²) in [6.07, 6.45) is 6.45. The van der Waals surface area contributed by atoms with Gasteiger partial charge < -0.3 is 4.90 Å². The molecule has 0 saturated heterocycles. The van der Waals surface area contributed by atoms with E-state index < -0.39 is 0 Å². The molecule has 2 heterocycles. The summed E-state index contributed by atoms with van der Waals surface area (Å²) in [5.41, 5.74) is 7.68. The minimum Gasteiger partial charge on any atom is -0.365 e. The average Bonchev–Trinajstić information content (AvgIpc) is 2.74. The van der Waals surface area contributed by atoms with Gasteiger partial charge in [-0.1, -0.05) is 48.4 Å². The SMILES string of the molecule is CC(=O)c1ncc2c(n1)CN(c1ccc(C3(c4ccc(C)cc4)CCC3)cc1)CC2. The lowest BCUT2D eigenvalue weighted by atomic mass is 9.60. The standard InChI is InChI=1S/C26H27N3O/c1-18-4-6-21(7-5-18)26(13-3-14-26)22-8-10-23(11-9-22)29-15-12-20-16-27-25(19(2)30)28-24(20)17-29/h4-11,16H,3,12-15,17H2,1-2H3. The molecular formula is C26H27N3O. The number of benzene rings is 2. The fourth-order valence-electron chi connectivity index (χ4n) is 4.83. The van der Waals surface area contributed by atoms with Crippen molar-refractivity contribution < 1.29 is 4.79 Å². The monoisotopic (exact) mass is 397 g/mol. The molecule has 2 aromatic carbocycles. The minimum atomic E-state index is -0.0822. The van der Waals surface area contributed by atoms with Crippen molar-refractivity contribution in [3.8, 4) is 0 Å². The summed E-state index contributed by atoms with van der Waals surface area (Å²) in [6.45, 7) is 5.33. The second-order valence-electron chi connectivity index (χ2n) is 8.74. The Kier molecular flexibility index (Phi) is 4.65. The lowest BCUT2D eigenvalue weighted by Gasteiger charge is -2.43. The number of aryl methyl sites for hydroxylation is 1. The maximum absolute atomic E-state index is 11.6. The van der Waals surface area contributed by atoms with E-state index in [0.717, 1.165) is 30.8 Å². The summed E-state index contributed by atoms with van der Waals surface area (Å²) in [7, 11) is 0. The molecule has 30 heavy (non-hydrogen) atoms.